The van der Waals surface area contributed by atoms with E-state index >= 15 is 0 Å². The second-order valence-electron chi connectivity index (χ2n) is 6.35. The van der Waals surface area contributed by atoms with Gasteiger partial charge >= 0.3 is 5.97 Å². The van der Waals surface area contributed by atoms with Crippen LogP contribution in [0.15, 0.2) is 58.1 Å². The number of carbonyl (C=O) groups excluding carboxylic acids is 2. The highest BCUT2D eigenvalue weighted by molar-refractivity contribution is 8.26. The molecule has 2 heterocycles. The molecule has 1 aliphatic heterocycles. The molecule has 1 amide bonds. The predicted octanol–water partition coefficient (Wildman–Crippen LogP) is 3.64. The molecule has 1 fully saturated rings. The van der Waals surface area contributed by atoms with Crippen molar-refractivity contribution in [2.45, 2.75) is 12.8 Å². The number of Topliss-reactive ketones (excluding diaryl/α,β-unsaturated/α-hetero) is 1. The second-order valence-corrected chi connectivity index (χ2v) is 8.03. The van der Waals surface area contributed by atoms with Crippen LogP contribution in [0, 0.1) is 0 Å². The Morgan fingerprint density at radius 2 is 2.07 bits per heavy atom. The fraction of sp³-hybridized carbons (Fsp3) is 0.143. The highest BCUT2D eigenvalue weighted by atomic mass is 32.2. The number of carboxylic acid groups (broad SMARTS) is 1. The highest BCUT2D eigenvalue weighted by Gasteiger charge is 2.31. The van der Waals surface area contributed by atoms with Crippen LogP contribution >= 0.6 is 24.0 Å². The van der Waals surface area contributed by atoms with Gasteiger partial charge in [-0.1, -0.05) is 36.1 Å². The SMILES string of the molecule is O=C(CCN1C(=O)/C(=C\C=C\c2ccco2)SC1=S)Cc1ccc(C(=O)O)c(O)c1. The topological polar surface area (TPSA) is 108 Å². The van der Waals surface area contributed by atoms with Crippen LogP contribution in [-0.4, -0.2) is 43.6 Å². The molecule has 1 aromatic heterocycles. The number of aromatic hydroxyl groups is 1. The molecule has 2 aromatic rings. The molecule has 0 spiro atoms. The fourth-order valence-electron chi connectivity index (χ4n) is 2.74. The lowest BCUT2D eigenvalue weighted by Gasteiger charge is -2.13. The minimum atomic E-state index is -1.24. The van der Waals surface area contributed by atoms with Gasteiger partial charge in [0.05, 0.1) is 11.2 Å². The molecule has 154 valence electrons. The van der Waals surface area contributed by atoms with Gasteiger partial charge in [0.1, 0.15) is 27.2 Å². The number of phenols is 1. The number of furan rings is 1. The van der Waals surface area contributed by atoms with Crippen molar-refractivity contribution in [2.24, 2.45) is 0 Å². The van der Waals surface area contributed by atoms with Gasteiger partial charge in [-0.15, -0.1) is 0 Å². The summed E-state index contributed by atoms with van der Waals surface area (Å²) < 4.78 is 5.56. The minimum Gasteiger partial charge on any atom is -0.507 e. The normalized spacial score (nSPS) is 15.5. The average Bonchev–Trinajstić information content (AvgIpc) is 3.29. The number of thioether (sulfide) groups is 1. The van der Waals surface area contributed by atoms with Gasteiger partial charge in [-0.3, -0.25) is 14.5 Å². The maximum atomic E-state index is 12.5. The maximum absolute atomic E-state index is 12.5. The Hall–Kier alpha value is -3.17. The van der Waals surface area contributed by atoms with Gasteiger partial charge in [-0.2, -0.15) is 0 Å². The number of amides is 1. The van der Waals surface area contributed by atoms with Crippen molar-refractivity contribution in [1.82, 2.24) is 4.90 Å². The molecule has 0 bridgehead atoms. The van der Waals surface area contributed by atoms with Crippen molar-refractivity contribution in [3.8, 4) is 5.75 Å². The summed E-state index contributed by atoms with van der Waals surface area (Å²) in [6, 6.07) is 7.54. The highest BCUT2D eigenvalue weighted by Crippen LogP contribution is 2.31. The van der Waals surface area contributed by atoms with E-state index in [9.17, 15) is 19.5 Å². The minimum absolute atomic E-state index is 0.0178. The van der Waals surface area contributed by atoms with Crippen LogP contribution in [0.25, 0.3) is 6.08 Å². The summed E-state index contributed by atoms with van der Waals surface area (Å²) in [5.74, 6) is -1.39. The van der Waals surface area contributed by atoms with E-state index in [2.05, 4.69) is 0 Å². The number of ketones is 1. The lowest BCUT2D eigenvalue weighted by Crippen LogP contribution is -2.30. The number of carboxylic acids is 1. The lowest BCUT2D eigenvalue weighted by atomic mass is 10.0. The smallest absolute Gasteiger partial charge is 0.339 e. The summed E-state index contributed by atoms with van der Waals surface area (Å²) in [5, 5.41) is 18.6. The summed E-state index contributed by atoms with van der Waals surface area (Å²) >= 11 is 6.41. The van der Waals surface area contributed by atoms with E-state index in [4.69, 9.17) is 21.7 Å². The van der Waals surface area contributed by atoms with Gasteiger partial charge in [-0.25, -0.2) is 4.79 Å². The van der Waals surface area contributed by atoms with Crippen molar-refractivity contribution in [3.63, 3.8) is 0 Å². The number of rotatable bonds is 8. The molecule has 0 saturated carbocycles. The molecule has 7 nitrogen and oxygen atoms in total. The molecule has 0 atom stereocenters. The zero-order valence-corrected chi connectivity index (χ0v) is 17.2. The molecule has 1 aliphatic rings. The Kier molecular flexibility index (Phi) is 6.86. The van der Waals surface area contributed by atoms with E-state index in [0.717, 1.165) is 0 Å². The first-order valence-corrected chi connectivity index (χ1v) is 10.1. The number of hydrogen-bond acceptors (Lipinski definition) is 7. The summed E-state index contributed by atoms with van der Waals surface area (Å²) in [6.45, 7) is 0.155. The Labute approximate surface area is 181 Å². The number of carbonyl (C=O) groups is 3. The number of thiocarbonyl (C=S) groups is 1. The molecule has 3 rings (SSSR count). The van der Waals surface area contributed by atoms with Crippen molar-refractivity contribution >= 4 is 52.0 Å². The second kappa shape index (κ2) is 9.55. The number of aromatic carboxylic acids is 1. The number of nitrogens with zero attached hydrogens (tertiary/aromatic N) is 1. The van der Waals surface area contributed by atoms with Crippen LogP contribution in [0.5, 0.6) is 5.75 Å². The van der Waals surface area contributed by atoms with Gasteiger partial charge in [0.25, 0.3) is 5.91 Å². The molecule has 0 unspecified atom stereocenters. The molecular formula is C21H17NO6S2. The molecule has 30 heavy (non-hydrogen) atoms. The van der Waals surface area contributed by atoms with E-state index in [-0.39, 0.29) is 36.6 Å². The van der Waals surface area contributed by atoms with E-state index in [1.807, 2.05) is 0 Å². The van der Waals surface area contributed by atoms with Gasteiger partial charge in [-0.05, 0) is 42.0 Å². The lowest BCUT2D eigenvalue weighted by molar-refractivity contribution is -0.123. The monoisotopic (exact) mass is 443 g/mol. The van der Waals surface area contributed by atoms with Gasteiger partial charge < -0.3 is 14.6 Å². The van der Waals surface area contributed by atoms with E-state index in [1.165, 1.54) is 34.9 Å². The van der Waals surface area contributed by atoms with E-state index in [1.54, 1.807) is 36.6 Å². The van der Waals surface area contributed by atoms with Crippen molar-refractivity contribution in [3.05, 3.63) is 70.5 Å². The number of benzene rings is 1. The first-order valence-electron chi connectivity index (χ1n) is 8.87. The summed E-state index contributed by atoms with van der Waals surface area (Å²) in [7, 11) is 0. The van der Waals surface area contributed by atoms with Gasteiger partial charge in [0.15, 0.2) is 0 Å². The first kappa shape index (κ1) is 21.5. The zero-order valence-electron chi connectivity index (χ0n) is 15.6. The van der Waals surface area contributed by atoms with Crippen LogP contribution in [0.4, 0.5) is 0 Å². The Morgan fingerprint density at radius 1 is 1.27 bits per heavy atom. The third kappa shape index (κ3) is 5.25. The molecule has 0 aliphatic carbocycles. The van der Waals surface area contributed by atoms with Crippen molar-refractivity contribution in [2.75, 3.05) is 6.54 Å². The van der Waals surface area contributed by atoms with Crippen molar-refractivity contribution < 1.29 is 29.0 Å². The fourth-order valence-corrected chi connectivity index (χ4v) is 4.00. The van der Waals surface area contributed by atoms with E-state index < -0.39 is 11.7 Å². The van der Waals surface area contributed by atoms with Gasteiger partial charge in [0.2, 0.25) is 0 Å². The molecule has 0 radical (unpaired) electrons. The molecule has 2 N–H and O–H groups in total. The van der Waals surface area contributed by atoms with Gasteiger partial charge in [0, 0.05) is 19.4 Å². The Balaban J connectivity index is 1.55. The van der Waals surface area contributed by atoms with Crippen LogP contribution in [0.2, 0.25) is 0 Å². The van der Waals surface area contributed by atoms with Crippen LogP contribution in [0.1, 0.15) is 28.1 Å². The standard InChI is InChI=1S/C21H17NO6S2/c23-14(11-13-6-7-16(20(26)27)17(24)12-13)8-9-22-19(25)18(30-21(22)29)5-1-3-15-4-2-10-28-15/h1-7,10,12,24H,8-9,11H2,(H,26,27)/b3-1+,18-5+. The quantitative estimate of drug-likeness (QED) is 0.470. The van der Waals surface area contributed by atoms with Crippen molar-refractivity contribution in [1.29, 1.82) is 0 Å². The largest absolute Gasteiger partial charge is 0.507 e. The molecule has 1 aromatic carbocycles. The molecule has 1 saturated heterocycles. The summed E-state index contributed by atoms with van der Waals surface area (Å²) in [6.07, 6.45) is 6.73. The first-order chi connectivity index (χ1) is 14.3. The Bertz CT molecular complexity index is 1060. The predicted molar refractivity (Wildman–Crippen MR) is 116 cm³/mol. The Morgan fingerprint density at radius 3 is 2.73 bits per heavy atom. The van der Waals surface area contributed by atoms with Crippen LogP contribution in [0.3, 0.4) is 0 Å². The van der Waals surface area contributed by atoms with Crippen LogP contribution in [-0.2, 0) is 16.0 Å². The third-order valence-electron chi connectivity index (χ3n) is 4.23. The number of allylic oxidation sites excluding steroid dienone is 2. The van der Waals surface area contributed by atoms with E-state index in [0.29, 0.717) is 20.5 Å². The average molecular weight is 444 g/mol. The van der Waals surface area contributed by atoms with Crippen LogP contribution < -0.4 is 0 Å². The summed E-state index contributed by atoms with van der Waals surface area (Å²) in [4.78, 5) is 37.6. The maximum Gasteiger partial charge on any atom is 0.339 e. The summed E-state index contributed by atoms with van der Waals surface area (Å²) in [5.41, 5.74) is 0.271. The molecular weight excluding hydrogens is 426 g/mol. The number of hydrogen-bond donors (Lipinski definition) is 2. The zero-order chi connectivity index (χ0) is 21.7. The molecule has 9 heteroatoms. The third-order valence-corrected chi connectivity index (χ3v) is 5.63.